The molecule has 0 radical (unpaired) electrons. The van der Waals surface area contributed by atoms with E-state index in [1.165, 1.54) is 42.5 Å². The van der Waals surface area contributed by atoms with Gasteiger partial charge in [0.15, 0.2) is 9.84 Å². The molecule has 0 aromatic heterocycles. The van der Waals surface area contributed by atoms with E-state index in [0.29, 0.717) is 0 Å². The van der Waals surface area contributed by atoms with Gasteiger partial charge in [-0.1, -0.05) is 18.2 Å². The molecule has 0 fully saturated rings. The van der Waals surface area contributed by atoms with Gasteiger partial charge in [0.25, 0.3) is 0 Å². The molecule has 0 heterocycles. The van der Waals surface area contributed by atoms with E-state index in [9.17, 15) is 21.2 Å². The Morgan fingerprint density at radius 1 is 0.909 bits per heavy atom. The number of halogens is 1. The fraction of sp³-hybridized carbons (Fsp3) is 0.143. The second-order valence-corrected chi connectivity index (χ2v) is 8.44. The average molecular weight is 343 g/mol. The van der Waals surface area contributed by atoms with Gasteiger partial charge < -0.3 is 0 Å². The lowest BCUT2D eigenvalue weighted by molar-refractivity contribution is 0.574. The van der Waals surface area contributed by atoms with Crippen LogP contribution in [0.25, 0.3) is 0 Å². The third-order valence-corrected chi connectivity index (χ3v) is 5.52. The van der Waals surface area contributed by atoms with Crippen molar-refractivity contribution < 1.29 is 21.2 Å². The maximum Gasteiger partial charge on any atom is 0.240 e. The SMILES string of the molecule is CS(=O)(=O)c1ccc(S(=O)(=O)NCc2ccccc2F)cc1. The molecule has 2 rings (SSSR count). The molecule has 22 heavy (non-hydrogen) atoms. The first-order chi connectivity index (χ1) is 10.2. The molecule has 5 nitrogen and oxygen atoms in total. The van der Waals surface area contributed by atoms with Gasteiger partial charge in [0.1, 0.15) is 5.82 Å². The fourth-order valence-corrected chi connectivity index (χ4v) is 3.40. The molecule has 0 amide bonds. The molecule has 8 heteroatoms. The van der Waals surface area contributed by atoms with Gasteiger partial charge in [-0.3, -0.25) is 0 Å². The number of hydrogen-bond donors (Lipinski definition) is 1. The normalized spacial score (nSPS) is 12.3. The van der Waals surface area contributed by atoms with Gasteiger partial charge in [-0.25, -0.2) is 25.9 Å². The molecule has 2 aromatic rings. The third-order valence-electron chi connectivity index (χ3n) is 2.97. The summed E-state index contributed by atoms with van der Waals surface area (Å²) >= 11 is 0. The molecular weight excluding hydrogens is 329 g/mol. The van der Waals surface area contributed by atoms with E-state index in [1.807, 2.05) is 0 Å². The Hall–Kier alpha value is -1.77. The summed E-state index contributed by atoms with van der Waals surface area (Å²) in [5.74, 6) is -0.502. The summed E-state index contributed by atoms with van der Waals surface area (Å²) in [6, 6.07) is 10.7. The van der Waals surface area contributed by atoms with Crippen molar-refractivity contribution in [1.82, 2.24) is 4.72 Å². The van der Waals surface area contributed by atoms with Crippen LogP contribution in [0.2, 0.25) is 0 Å². The lowest BCUT2D eigenvalue weighted by Gasteiger charge is -2.08. The maximum absolute atomic E-state index is 13.4. The molecule has 0 spiro atoms. The molecule has 0 saturated carbocycles. The van der Waals surface area contributed by atoms with Crippen LogP contribution in [0.4, 0.5) is 4.39 Å². The minimum absolute atomic E-state index is 0.0283. The van der Waals surface area contributed by atoms with E-state index in [-0.39, 0.29) is 21.9 Å². The van der Waals surface area contributed by atoms with Crippen LogP contribution in [0, 0.1) is 5.82 Å². The van der Waals surface area contributed by atoms with Crippen LogP contribution in [0.3, 0.4) is 0 Å². The first-order valence-corrected chi connectivity index (χ1v) is 9.61. The zero-order valence-corrected chi connectivity index (χ0v) is 13.3. The number of hydrogen-bond acceptors (Lipinski definition) is 4. The minimum Gasteiger partial charge on any atom is -0.224 e. The van der Waals surface area contributed by atoms with Gasteiger partial charge in [0, 0.05) is 18.4 Å². The van der Waals surface area contributed by atoms with Crippen LogP contribution in [0.5, 0.6) is 0 Å². The predicted octanol–water partition coefficient (Wildman–Crippen LogP) is 1.71. The number of sulfone groups is 1. The highest BCUT2D eigenvalue weighted by Gasteiger charge is 2.16. The molecule has 0 atom stereocenters. The molecule has 0 aliphatic heterocycles. The largest absolute Gasteiger partial charge is 0.240 e. The van der Waals surface area contributed by atoms with E-state index < -0.39 is 25.7 Å². The molecule has 0 bridgehead atoms. The molecule has 1 N–H and O–H groups in total. The van der Waals surface area contributed by atoms with Crippen molar-refractivity contribution in [3.8, 4) is 0 Å². The summed E-state index contributed by atoms with van der Waals surface area (Å²) in [6.07, 6.45) is 1.03. The van der Waals surface area contributed by atoms with E-state index >= 15 is 0 Å². The van der Waals surface area contributed by atoms with E-state index in [4.69, 9.17) is 0 Å². The zero-order chi connectivity index (χ0) is 16.4. The molecule has 118 valence electrons. The van der Waals surface area contributed by atoms with E-state index in [0.717, 1.165) is 6.26 Å². The molecule has 0 unspecified atom stereocenters. The highest BCUT2D eigenvalue weighted by atomic mass is 32.2. The van der Waals surface area contributed by atoms with Gasteiger partial charge in [0.05, 0.1) is 9.79 Å². The van der Waals surface area contributed by atoms with Crippen molar-refractivity contribution >= 4 is 19.9 Å². The smallest absolute Gasteiger partial charge is 0.224 e. The van der Waals surface area contributed by atoms with Crippen LogP contribution >= 0.6 is 0 Å². The highest BCUT2D eigenvalue weighted by Crippen LogP contribution is 2.15. The zero-order valence-electron chi connectivity index (χ0n) is 11.7. The third kappa shape index (κ3) is 3.90. The Balaban J connectivity index is 2.19. The summed E-state index contributed by atoms with van der Waals surface area (Å²) < 4.78 is 62.6. The topological polar surface area (TPSA) is 80.3 Å². The summed E-state index contributed by atoms with van der Waals surface area (Å²) in [7, 11) is -7.24. The van der Waals surface area contributed by atoms with Crippen molar-refractivity contribution in [3.05, 3.63) is 59.9 Å². The Labute approximate surface area is 128 Å². The second kappa shape index (κ2) is 6.15. The van der Waals surface area contributed by atoms with Crippen LogP contribution in [0.15, 0.2) is 58.3 Å². The Bertz CT molecular complexity index is 875. The van der Waals surface area contributed by atoms with Crippen LogP contribution in [0.1, 0.15) is 5.56 Å². The first-order valence-electron chi connectivity index (χ1n) is 6.23. The summed E-state index contributed by atoms with van der Waals surface area (Å²) in [6.45, 7) is -0.192. The van der Waals surface area contributed by atoms with Gasteiger partial charge in [-0.15, -0.1) is 0 Å². The number of nitrogens with one attached hydrogen (secondary N) is 1. The van der Waals surface area contributed by atoms with Crippen molar-refractivity contribution in [2.24, 2.45) is 0 Å². The maximum atomic E-state index is 13.4. The summed E-state index contributed by atoms with van der Waals surface area (Å²) in [4.78, 5) is -0.0585. The van der Waals surface area contributed by atoms with Gasteiger partial charge in [-0.2, -0.15) is 0 Å². The lowest BCUT2D eigenvalue weighted by Crippen LogP contribution is -2.23. The van der Waals surface area contributed by atoms with E-state index in [2.05, 4.69) is 4.72 Å². The fourth-order valence-electron chi connectivity index (χ4n) is 1.76. The molecular formula is C14H14FNO4S2. The standard InChI is InChI=1S/C14H14FNO4S2/c1-21(17,18)12-6-8-13(9-7-12)22(19,20)16-10-11-4-2-3-5-14(11)15/h2-9,16H,10H2,1H3. The minimum atomic E-state index is -3.85. The molecule has 0 aliphatic carbocycles. The number of benzene rings is 2. The Kier molecular flexibility index (Phi) is 4.64. The number of rotatable bonds is 5. The molecule has 2 aromatic carbocycles. The van der Waals surface area contributed by atoms with Gasteiger partial charge in [-0.05, 0) is 30.3 Å². The highest BCUT2D eigenvalue weighted by molar-refractivity contribution is 7.90. The van der Waals surface area contributed by atoms with Crippen molar-refractivity contribution in [3.63, 3.8) is 0 Å². The summed E-state index contributed by atoms with van der Waals surface area (Å²) in [5.41, 5.74) is 0.221. The molecule has 0 saturated heterocycles. The first kappa shape index (κ1) is 16.6. The Morgan fingerprint density at radius 3 is 2.00 bits per heavy atom. The van der Waals surface area contributed by atoms with Crippen molar-refractivity contribution in [2.45, 2.75) is 16.3 Å². The second-order valence-electron chi connectivity index (χ2n) is 4.66. The lowest BCUT2D eigenvalue weighted by atomic mass is 10.2. The summed E-state index contributed by atoms with van der Waals surface area (Å²) in [5, 5.41) is 0. The van der Waals surface area contributed by atoms with Gasteiger partial charge in [0.2, 0.25) is 10.0 Å². The van der Waals surface area contributed by atoms with Crippen LogP contribution in [-0.4, -0.2) is 23.1 Å². The quantitative estimate of drug-likeness (QED) is 0.896. The number of sulfonamides is 1. The van der Waals surface area contributed by atoms with Gasteiger partial charge >= 0.3 is 0 Å². The predicted molar refractivity (Wildman–Crippen MR) is 80.0 cm³/mol. The monoisotopic (exact) mass is 343 g/mol. The average Bonchev–Trinajstić information content (AvgIpc) is 2.46. The molecule has 0 aliphatic rings. The van der Waals surface area contributed by atoms with E-state index in [1.54, 1.807) is 6.07 Å². The van der Waals surface area contributed by atoms with Crippen LogP contribution in [-0.2, 0) is 26.4 Å². The Morgan fingerprint density at radius 2 is 1.45 bits per heavy atom. The van der Waals surface area contributed by atoms with Crippen LogP contribution < -0.4 is 4.72 Å². The van der Waals surface area contributed by atoms with Crippen molar-refractivity contribution in [1.29, 1.82) is 0 Å². The van der Waals surface area contributed by atoms with Crippen molar-refractivity contribution in [2.75, 3.05) is 6.26 Å².